The molecule has 0 bridgehead atoms. The Morgan fingerprint density at radius 2 is 2.22 bits per heavy atom. The molecule has 0 unspecified atom stereocenters. The number of aromatic nitrogens is 1. The SMILES string of the molecule is COc1cc(C)cn1C. The average Bonchev–Trinajstić information content (AvgIpc) is 2.10. The van der Waals surface area contributed by atoms with E-state index < -0.39 is 0 Å². The Balaban J connectivity index is 3.01. The van der Waals surface area contributed by atoms with E-state index in [4.69, 9.17) is 4.74 Å². The Morgan fingerprint density at radius 1 is 1.56 bits per heavy atom. The maximum atomic E-state index is 5.03. The number of ether oxygens (including phenoxy) is 1. The molecule has 1 heterocycles. The van der Waals surface area contributed by atoms with Crippen LogP contribution in [0.25, 0.3) is 0 Å². The highest BCUT2D eigenvalue weighted by Crippen LogP contribution is 2.12. The number of hydrogen-bond donors (Lipinski definition) is 0. The van der Waals surface area contributed by atoms with Crippen LogP contribution in [-0.4, -0.2) is 11.7 Å². The molecule has 2 nitrogen and oxygen atoms in total. The van der Waals surface area contributed by atoms with Gasteiger partial charge < -0.3 is 9.30 Å². The molecule has 1 aromatic heterocycles. The lowest BCUT2D eigenvalue weighted by Gasteiger charge is -1.97. The van der Waals surface area contributed by atoms with Gasteiger partial charge in [0.15, 0.2) is 5.88 Å². The summed E-state index contributed by atoms with van der Waals surface area (Å²) in [5.41, 5.74) is 1.23. The first-order chi connectivity index (χ1) is 4.24. The third kappa shape index (κ3) is 1.07. The van der Waals surface area contributed by atoms with Crippen molar-refractivity contribution in [1.29, 1.82) is 0 Å². The molecule has 0 saturated heterocycles. The molecule has 9 heavy (non-hydrogen) atoms. The molecule has 1 rings (SSSR count). The summed E-state index contributed by atoms with van der Waals surface area (Å²) in [6.45, 7) is 2.04. The van der Waals surface area contributed by atoms with Gasteiger partial charge in [-0.3, -0.25) is 0 Å². The fourth-order valence-electron chi connectivity index (χ4n) is 0.906. The first-order valence-electron chi connectivity index (χ1n) is 2.91. The van der Waals surface area contributed by atoms with Gasteiger partial charge in [0.1, 0.15) is 0 Å². The Kier molecular flexibility index (Phi) is 1.47. The quantitative estimate of drug-likeness (QED) is 0.552. The van der Waals surface area contributed by atoms with Gasteiger partial charge in [-0.1, -0.05) is 0 Å². The maximum absolute atomic E-state index is 5.03. The van der Waals surface area contributed by atoms with E-state index in [1.165, 1.54) is 5.56 Å². The maximum Gasteiger partial charge on any atom is 0.193 e. The van der Waals surface area contributed by atoms with Crippen LogP contribution < -0.4 is 4.74 Å². The molecule has 0 amide bonds. The lowest BCUT2D eigenvalue weighted by atomic mass is 10.4. The molecule has 0 radical (unpaired) electrons. The summed E-state index contributed by atoms with van der Waals surface area (Å²) in [5, 5.41) is 0. The fourth-order valence-corrected chi connectivity index (χ4v) is 0.906. The summed E-state index contributed by atoms with van der Waals surface area (Å²) in [6, 6.07) is 2.00. The van der Waals surface area contributed by atoms with Gasteiger partial charge in [0.05, 0.1) is 7.11 Å². The molecule has 0 aliphatic carbocycles. The van der Waals surface area contributed by atoms with Crippen molar-refractivity contribution in [3.05, 3.63) is 17.8 Å². The van der Waals surface area contributed by atoms with Crippen molar-refractivity contribution in [2.75, 3.05) is 7.11 Å². The lowest BCUT2D eigenvalue weighted by Crippen LogP contribution is -1.90. The van der Waals surface area contributed by atoms with Crippen LogP contribution in [0.15, 0.2) is 12.3 Å². The summed E-state index contributed by atoms with van der Waals surface area (Å²) in [4.78, 5) is 0. The van der Waals surface area contributed by atoms with E-state index >= 15 is 0 Å². The third-order valence-corrected chi connectivity index (χ3v) is 1.31. The summed E-state index contributed by atoms with van der Waals surface area (Å²) >= 11 is 0. The van der Waals surface area contributed by atoms with E-state index in [-0.39, 0.29) is 0 Å². The molecule has 50 valence electrons. The standard InChI is InChI=1S/C7H11NO/c1-6-4-7(9-3)8(2)5-6/h4-5H,1-3H3. The lowest BCUT2D eigenvalue weighted by molar-refractivity contribution is 0.382. The average molecular weight is 125 g/mol. The summed E-state index contributed by atoms with van der Waals surface area (Å²) in [6.07, 6.45) is 2.03. The Labute approximate surface area is 55.1 Å². The smallest absolute Gasteiger partial charge is 0.193 e. The third-order valence-electron chi connectivity index (χ3n) is 1.31. The van der Waals surface area contributed by atoms with E-state index in [9.17, 15) is 0 Å². The van der Waals surface area contributed by atoms with Crippen molar-refractivity contribution >= 4 is 0 Å². The van der Waals surface area contributed by atoms with Gasteiger partial charge in [0.2, 0.25) is 0 Å². The number of rotatable bonds is 1. The van der Waals surface area contributed by atoms with E-state index in [0.29, 0.717) is 0 Å². The van der Waals surface area contributed by atoms with Gasteiger partial charge in [0, 0.05) is 19.3 Å². The second kappa shape index (κ2) is 2.13. The minimum Gasteiger partial charge on any atom is -0.482 e. The molecule has 0 spiro atoms. The van der Waals surface area contributed by atoms with Crippen molar-refractivity contribution in [2.45, 2.75) is 6.92 Å². The zero-order valence-electron chi connectivity index (χ0n) is 6.01. The van der Waals surface area contributed by atoms with Crippen LogP contribution >= 0.6 is 0 Å². The van der Waals surface area contributed by atoms with Crippen LogP contribution in [0, 0.1) is 6.92 Å². The zero-order valence-corrected chi connectivity index (χ0v) is 6.01. The largest absolute Gasteiger partial charge is 0.482 e. The van der Waals surface area contributed by atoms with Gasteiger partial charge in [0.25, 0.3) is 0 Å². The Bertz CT molecular complexity index is 203. The number of nitrogens with zero attached hydrogens (tertiary/aromatic N) is 1. The minimum atomic E-state index is 0.910. The Hall–Kier alpha value is -0.920. The van der Waals surface area contributed by atoms with E-state index in [1.54, 1.807) is 7.11 Å². The van der Waals surface area contributed by atoms with Crippen molar-refractivity contribution in [3.8, 4) is 5.88 Å². The number of aryl methyl sites for hydroxylation is 2. The van der Waals surface area contributed by atoms with Crippen molar-refractivity contribution in [3.63, 3.8) is 0 Å². The first kappa shape index (κ1) is 6.20. The minimum absolute atomic E-state index is 0.910. The summed E-state index contributed by atoms with van der Waals surface area (Å²) in [7, 11) is 3.64. The van der Waals surface area contributed by atoms with Crippen molar-refractivity contribution in [2.24, 2.45) is 7.05 Å². The van der Waals surface area contributed by atoms with Gasteiger partial charge in [-0.25, -0.2) is 0 Å². The van der Waals surface area contributed by atoms with Crippen molar-refractivity contribution in [1.82, 2.24) is 4.57 Å². The van der Waals surface area contributed by atoms with Gasteiger partial charge in [-0.15, -0.1) is 0 Å². The highest BCUT2D eigenvalue weighted by Gasteiger charge is 1.95. The van der Waals surface area contributed by atoms with Crippen LogP contribution in [0.5, 0.6) is 5.88 Å². The van der Waals surface area contributed by atoms with Gasteiger partial charge in [-0.05, 0) is 12.5 Å². The monoisotopic (exact) mass is 125 g/mol. The van der Waals surface area contributed by atoms with E-state index in [2.05, 4.69) is 0 Å². The predicted molar refractivity (Wildman–Crippen MR) is 36.7 cm³/mol. The normalized spacial score (nSPS) is 9.67. The number of hydrogen-bond acceptors (Lipinski definition) is 1. The molecule has 0 atom stereocenters. The highest BCUT2D eigenvalue weighted by molar-refractivity contribution is 5.21. The summed E-state index contributed by atoms with van der Waals surface area (Å²) in [5.74, 6) is 0.910. The molecular weight excluding hydrogens is 114 g/mol. The molecular formula is C7H11NO. The molecule has 2 heteroatoms. The Morgan fingerprint density at radius 3 is 2.44 bits per heavy atom. The first-order valence-corrected chi connectivity index (χ1v) is 2.91. The molecule has 0 N–H and O–H groups in total. The van der Waals surface area contributed by atoms with Crippen LogP contribution in [0.3, 0.4) is 0 Å². The van der Waals surface area contributed by atoms with Gasteiger partial charge >= 0.3 is 0 Å². The zero-order chi connectivity index (χ0) is 6.85. The molecule has 0 aliphatic heterocycles. The van der Waals surface area contributed by atoms with Crippen LogP contribution in [0.4, 0.5) is 0 Å². The number of methoxy groups -OCH3 is 1. The van der Waals surface area contributed by atoms with E-state index in [1.807, 2.05) is 30.8 Å². The topological polar surface area (TPSA) is 14.2 Å². The molecule has 0 saturated carbocycles. The molecule has 0 aromatic carbocycles. The second-order valence-electron chi connectivity index (χ2n) is 2.17. The van der Waals surface area contributed by atoms with Crippen LogP contribution in [-0.2, 0) is 7.05 Å². The molecule has 1 aromatic rings. The molecule has 0 aliphatic rings. The fraction of sp³-hybridized carbons (Fsp3) is 0.429. The predicted octanol–water partition coefficient (Wildman–Crippen LogP) is 1.34. The second-order valence-corrected chi connectivity index (χ2v) is 2.17. The van der Waals surface area contributed by atoms with E-state index in [0.717, 1.165) is 5.88 Å². The van der Waals surface area contributed by atoms with Gasteiger partial charge in [-0.2, -0.15) is 0 Å². The van der Waals surface area contributed by atoms with Crippen LogP contribution in [0.1, 0.15) is 5.56 Å². The van der Waals surface area contributed by atoms with Crippen LogP contribution in [0.2, 0.25) is 0 Å². The highest BCUT2D eigenvalue weighted by atomic mass is 16.5. The summed E-state index contributed by atoms with van der Waals surface area (Å²) < 4.78 is 6.98. The molecule has 0 fully saturated rings. The van der Waals surface area contributed by atoms with Crippen molar-refractivity contribution < 1.29 is 4.74 Å².